The number of nitrogens with one attached hydrogen (secondary N) is 2. The van der Waals surface area contributed by atoms with E-state index in [1.807, 2.05) is 36.4 Å². The number of hydrogen-bond acceptors (Lipinski definition) is 7. The van der Waals surface area contributed by atoms with Crippen molar-refractivity contribution in [3.8, 4) is 45.6 Å². The number of H-pyrrole nitrogens is 2. The van der Waals surface area contributed by atoms with Crippen LogP contribution in [0.2, 0.25) is 0 Å². The number of aromatic amines is 2. The predicted molar refractivity (Wildman–Crippen MR) is 237 cm³/mol. The first-order chi connectivity index (χ1) is 27.3. The first kappa shape index (κ1) is 37.8. The summed E-state index contributed by atoms with van der Waals surface area (Å²) in [5.74, 6) is 2.23. The topological polar surface area (TPSA) is 129 Å². The van der Waals surface area contributed by atoms with Crippen molar-refractivity contribution in [1.82, 2.24) is 39.9 Å². The van der Waals surface area contributed by atoms with E-state index in [1.165, 1.54) is 11.1 Å². The Hall–Kier alpha value is -5.80. The normalized spacial score (nSPS) is 13.3. The van der Waals surface area contributed by atoms with Gasteiger partial charge in [0.1, 0.15) is 22.6 Å². The highest BCUT2D eigenvalue weighted by Gasteiger charge is 2.38. The summed E-state index contributed by atoms with van der Waals surface area (Å²) in [4.78, 5) is 39.2. The fourth-order valence-corrected chi connectivity index (χ4v) is 9.18. The quantitative estimate of drug-likeness (QED) is 0.152. The summed E-state index contributed by atoms with van der Waals surface area (Å²) in [5, 5.41) is 15.2. The Balaban J connectivity index is 1.61. The Bertz CT molecular complexity index is 3030. The first-order valence-electron chi connectivity index (χ1n) is 20.3. The van der Waals surface area contributed by atoms with Gasteiger partial charge in [0.15, 0.2) is 23.3 Å². The molecule has 0 fully saturated rings. The summed E-state index contributed by atoms with van der Waals surface area (Å²) in [6.07, 6.45) is 0. The minimum Gasteiger partial charge on any atom is -0.392 e. The van der Waals surface area contributed by atoms with Gasteiger partial charge < -0.3 is 15.1 Å². The molecule has 7 aromatic rings. The summed E-state index contributed by atoms with van der Waals surface area (Å²) >= 11 is 0. The average Bonchev–Trinajstić information content (AvgIpc) is 3.88. The molecule has 58 heavy (non-hydrogen) atoms. The van der Waals surface area contributed by atoms with E-state index in [-0.39, 0.29) is 28.3 Å². The van der Waals surface area contributed by atoms with Gasteiger partial charge in [-0.2, -0.15) is 0 Å². The molecule has 0 amide bonds. The summed E-state index contributed by atoms with van der Waals surface area (Å²) in [7, 11) is 0. The van der Waals surface area contributed by atoms with Crippen LogP contribution in [-0.2, 0) is 28.3 Å². The van der Waals surface area contributed by atoms with Crippen LogP contribution in [0.5, 0.6) is 0 Å². The third-order valence-electron chi connectivity index (χ3n) is 11.4. The fraction of sp³-hybridized carbons (Fsp3) is 0.347. The second-order valence-corrected chi connectivity index (χ2v) is 19.9. The van der Waals surface area contributed by atoms with Crippen LogP contribution in [0, 0.1) is 0 Å². The fourth-order valence-electron chi connectivity index (χ4n) is 9.18. The number of hydrogen-bond donors (Lipinski definition) is 3. The molecule has 3 aromatic heterocycles. The van der Waals surface area contributed by atoms with Crippen molar-refractivity contribution in [1.29, 1.82) is 0 Å². The Kier molecular flexibility index (Phi) is 8.20. The Morgan fingerprint density at radius 3 is 1.41 bits per heavy atom. The third kappa shape index (κ3) is 5.84. The molecule has 0 unspecified atom stereocenters. The predicted octanol–water partition coefficient (Wildman–Crippen LogP) is 11.6. The maximum atomic E-state index is 11.6. The van der Waals surface area contributed by atoms with Crippen LogP contribution in [0.3, 0.4) is 0 Å². The molecule has 4 aromatic carbocycles. The van der Waals surface area contributed by atoms with Crippen molar-refractivity contribution >= 4 is 44.1 Å². The van der Waals surface area contributed by atoms with Gasteiger partial charge in [-0.1, -0.05) is 150 Å². The zero-order chi connectivity index (χ0) is 41.3. The van der Waals surface area contributed by atoms with Gasteiger partial charge >= 0.3 is 0 Å². The van der Waals surface area contributed by atoms with Crippen molar-refractivity contribution in [3.05, 3.63) is 94.5 Å². The molecule has 9 heteroatoms. The van der Waals surface area contributed by atoms with Crippen LogP contribution < -0.4 is 0 Å². The van der Waals surface area contributed by atoms with E-state index in [0.717, 1.165) is 60.5 Å². The molecule has 2 aliphatic rings. The number of aromatic nitrogens is 8. The Morgan fingerprint density at radius 1 is 0.431 bits per heavy atom. The minimum atomic E-state index is -0.334. The van der Waals surface area contributed by atoms with Gasteiger partial charge in [-0.15, -0.1) is 0 Å². The average molecular weight is 769 g/mol. The molecule has 8 bridgehead atoms. The van der Waals surface area contributed by atoms with Crippen LogP contribution in [0.25, 0.3) is 89.7 Å². The van der Waals surface area contributed by atoms with Crippen molar-refractivity contribution in [2.45, 2.75) is 111 Å². The smallest absolute Gasteiger partial charge is 0.165 e. The van der Waals surface area contributed by atoms with E-state index in [1.54, 1.807) is 0 Å². The van der Waals surface area contributed by atoms with Crippen molar-refractivity contribution in [2.24, 2.45) is 0 Å². The van der Waals surface area contributed by atoms with Crippen LogP contribution in [0.4, 0.5) is 0 Å². The van der Waals surface area contributed by atoms with E-state index in [4.69, 9.17) is 29.9 Å². The van der Waals surface area contributed by atoms with Gasteiger partial charge in [-0.05, 0) is 49.5 Å². The lowest BCUT2D eigenvalue weighted by atomic mass is 9.66. The molecule has 0 radical (unpaired) electrons. The second kappa shape index (κ2) is 12.6. The van der Waals surface area contributed by atoms with Gasteiger partial charge in [-0.3, -0.25) is 0 Å². The highest BCUT2D eigenvalue weighted by Crippen LogP contribution is 2.50. The van der Waals surface area contributed by atoms with E-state index in [2.05, 4.69) is 123 Å². The van der Waals surface area contributed by atoms with E-state index in [9.17, 15) is 5.11 Å². The maximum absolute atomic E-state index is 11.6. The molecule has 3 N–H and O–H groups in total. The number of rotatable bonds is 1. The molecule has 9 rings (SSSR count). The molecule has 0 saturated heterocycles. The third-order valence-corrected chi connectivity index (χ3v) is 11.4. The van der Waals surface area contributed by atoms with Crippen LogP contribution in [0.15, 0.2) is 66.7 Å². The van der Waals surface area contributed by atoms with Crippen LogP contribution >= 0.6 is 0 Å². The highest BCUT2D eigenvalue weighted by molar-refractivity contribution is 6.11. The summed E-state index contributed by atoms with van der Waals surface area (Å²) in [6, 6.07) is 22.6. The highest BCUT2D eigenvalue weighted by atomic mass is 16.3. The van der Waals surface area contributed by atoms with Gasteiger partial charge in [0.05, 0.1) is 6.61 Å². The Morgan fingerprint density at radius 2 is 0.879 bits per heavy atom. The van der Waals surface area contributed by atoms with Crippen molar-refractivity contribution < 1.29 is 5.11 Å². The number of fused-ring (bicyclic) bond motifs is 20. The molecule has 294 valence electrons. The Labute approximate surface area is 339 Å². The molecular weight excluding hydrogens is 717 g/mol. The lowest BCUT2D eigenvalue weighted by Gasteiger charge is -2.38. The lowest BCUT2D eigenvalue weighted by molar-refractivity contribution is 0.279. The molecule has 0 atom stereocenters. The van der Waals surface area contributed by atoms with Gasteiger partial charge in [-0.25, -0.2) is 29.9 Å². The summed E-state index contributed by atoms with van der Waals surface area (Å²) in [5.41, 5.74) is 10.5. The minimum absolute atomic E-state index is 0.178. The SMILES string of the molecule is CC(C)(C)c1cccc2c1-c1nc-2nc2[nH]c(nc3nc(nc4[nH]c(n1)c1c(C(C)(C)C)c(C(C)(C)C)c(C(C)(C)C)c(CO)c41)-c1ccccc1-3)c1ccccc21. The lowest BCUT2D eigenvalue weighted by Crippen LogP contribution is -2.30. The van der Waals surface area contributed by atoms with Crippen LogP contribution in [0.1, 0.15) is 111 Å². The number of aliphatic hydroxyl groups is 1. The summed E-state index contributed by atoms with van der Waals surface area (Å²) in [6.45, 7) is 26.8. The van der Waals surface area contributed by atoms with E-state index < -0.39 is 0 Å². The largest absolute Gasteiger partial charge is 0.392 e. The molecule has 9 nitrogen and oxygen atoms in total. The van der Waals surface area contributed by atoms with E-state index >= 15 is 0 Å². The summed E-state index contributed by atoms with van der Waals surface area (Å²) < 4.78 is 0. The molecule has 2 aliphatic heterocycles. The zero-order valence-electron chi connectivity index (χ0n) is 35.7. The zero-order valence-corrected chi connectivity index (χ0v) is 35.7. The maximum Gasteiger partial charge on any atom is 0.165 e. The molecule has 5 heterocycles. The van der Waals surface area contributed by atoms with Gasteiger partial charge in [0.2, 0.25) is 0 Å². The molecule has 0 spiro atoms. The first-order valence-corrected chi connectivity index (χ1v) is 20.3. The molecular formula is C49H52N8O. The van der Waals surface area contributed by atoms with Crippen LogP contribution in [-0.4, -0.2) is 45.0 Å². The number of aliphatic hydroxyl groups excluding tert-OH is 1. The van der Waals surface area contributed by atoms with Gasteiger partial charge in [0, 0.05) is 43.8 Å². The molecule has 0 saturated carbocycles. The standard InChI is InChI=1S/C49H52N8O/c1-46(2,3)31-23-17-22-29-32(31)43-55-42(29)53-40-26-19-14-13-18-25(26)38(51-40)50-39-27-20-15-16-21-28(27)41(52-39)54-44-33-30(24-58)35(47(4,5)6)37(49(10,11)12)36(48(7,8)9)34(33)45(56-43)57-44/h13-23,58H,24H2,1-12H3,(H2,50,51,52,53,54,55,56,57). The van der Waals surface area contributed by atoms with Crippen molar-refractivity contribution in [3.63, 3.8) is 0 Å². The second-order valence-electron chi connectivity index (χ2n) is 19.9. The monoisotopic (exact) mass is 768 g/mol. The van der Waals surface area contributed by atoms with E-state index in [0.29, 0.717) is 45.9 Å². The number of benzene rings is 4. The van der Waals surface area contributed by atoms with Gasteiger partial charge in [0.25, 0.3) is 0 Å². The van der Waals surface area contributed by atoms with Crippen molar-refractivity contribution in [2.75, 3.05) is 0 Å². The molecule has 0 aliphatic carbocycles. The number of nitrogens with zero attached hydrogens (tertiary/aromatic N) is 6.